The Kier molecular flexibility index (Phi) is 2.61. The molecule has 0 bridgehead atoms. The zero-order chi connectivity index (χ0) is 6.85. The molecule has 0 radical (unpaired) electrons. The van der Waals surface area contributed by atoms with Gasteiger partial charge in [0.1, 0.15) is 0 Å². The van der Waals surface area contributed by atoms with Crippen molar-refractivity contribution >= 4 is 42.8 Å². The predicted molar refractivity (Wildman–Crippen MR) is 51.4 cm³/mol. The highest BCUT2D eigenvalue weighted by Crippen LogP contribution is 2.34. The lowest BCUT2D eigenvalue weighted by Crippen LogP contribution is -1.92. The van der Waals surface area contributed by atoms with Gasteiger partial charge in [0, 0.05) is 5.92 Å². The Balaban J connectivity index is 2.74. The maximum atomic E-state index is 4.80. The van der Waals surface area contributed by atoms with Crippen LogP contribution in [0.2, 0.25) is 0 Å². The normalized spacial score (nSPS) is 27.1. The molecule has 50 valence electrons. The van der Waals surface area contributed by atoms with Crippen molar-refractivity contribution in [3.05, 3.63) is 9.81 Å². The molecule has 1 aliphatic rings. The Labute approximate surface area is 71.5 Å². The molecule has 3 heteroatoms. The highest BCUT2D eigenvalue weighted by atomic mass is 32.1. The van der Waals surface area contributed by atoms with E-state index in [0.29, 0.717) is 5.92 Å². The molecule has 0 aromatic heterocycles. The summed E-state index contributed by atoms with van der Waals surface area (Å²) in [4.78, 5) is 2.16. The van der Waals surface area contributed by atoms with Crippen LogP contribution in [0.4, 0.5) is 0 Å². The molecule has 0 saturated heterocycles. The maximum absolute atomic E-state index is 4.80. The average Bonchev–Trinajstić information content (AvgIpc) is 2.15. The summed E-state index contributed by atoms with van der Waals surface area (Å²) in [5.74, 6) is 0.399. The van der Waals surface area contributed by atoms with Crippen LogP contribution in [0.5, 0.6) is 0 Å². The molecule has 0 fully saturated rings. The number of hydrogen-bond donors (Lipinski definition) is 2. The second kappa shape index (κ2) is 3.08. The zero-order valence-electron chi connectivity index (χ0n) is 4.87. The lowest BCUT2D eigenvalue weighted by Gasteiger charge is -1.99. The molecule has 1 atom stereocenters. The molecule has 0 aliphatic heterocycles. The van der Waals surface area contributed by atoms with Gasteiger partial charge in [-0.25, -0.2) is 0 Å². The topological polar surface area (TPSA) is 0 Å². The van der Waals surface area contributed by atoms with Crippen molar-refractivity contribution in [2.24, 2.45) is 5.92 Å². The number of thiol groups is 2. The summed E-state index contributed by atoms with van der Waals surface area (Å²) in [5.41, 5.74) is 0. The Morgan fingerprint density at radius 2 is 2.22 bits per heavy atom. The van der Waals surface area contributed by atoms with Crippen molar-refractivity contribution < 1.29 is 0 Å². The molecule has 9 heavy (non-hydrogen) atoms. The first-order chi connectivity index (χ1) is 4.25. The van der Waals surface area contributed by atoms with E-state index < -0.39 is 0 Å². The summed E-state index contributed by atoms with van der Waals surface area (Å²) in [6.45, 7) is 0. The summed E-state index contributed by atoms with van der Waals surface area (Å²) < 4.78 is 0. The first-order valence-electron chi connectivity index (χ1n) is 2.82. The standard InChI is InChI=1S/C6H8S3/c7-3-4-1-2-5(8)6(4)9/h3-4,8-9H,1-2H2. The van der Waals surface area contributed by atoms with Crippen LogP contribution in [-0.4, -0.2) is 5.37 Å². The van der Waals surface area contributed by atoms with Crippen LogP contribution in [0, 0.1) is 5.92 Å². The third kappa shape index (κ3) is 1.51. The lowest BCUT2D eigenvalue weighted by molar-refractivity contribution is 0.824. The van der Waals surface area contributed by atoms with Gasteiger partial charge in [-0.2, -0.15) is 0 Å². The Bertz CT molecular complexity index is 160. The van der Waals surface area contributed by atoms with Gasteiger partial charge in [0.25, 0.3) is 0 Å². The predicted octanol–water partition coefficient (Wildman–Crippen LogP) is 2.47. The van der Waals surface area contributed by atoms with Gasteiger partial charge in [0.05, 0.1) is 0 Å². The largest absolute Gasteiger partial charge is 0.147 e. The van der Waals surface area contributed by atoms with Crippen LogP contribution >= 0.6 is 37.5 Å². The first-order valence-corrected chi connectivity index (χ1v) is 4.18. The van der Waals surface area contributed by atoms with Crippen LogP contribution in [0.3, 0.4) is 0 Å². The zero-order valence-corrected chi connectivity index (χ0v) is 7.48. The lowest BCUT2D eigenvalue weighted by atomic mass is 10.2. The Morgan fingerprint density at radius 1 is 1.56 bits per heavy atom. The highest BCUT2D eigenvalue weighted by Gasteiger charge is 2.18. The van der Waals surface area contributed by atoms with E-state index in [1.807, 2.05) is 0 Å². The summed E-state index contributed by atoms with van der Waals surface area (Å²) in [7, 11) is 0. The van der Waals surface area contributed by atoms with E-state index in [-0.39, 0.29) is 0 Å². The van der Waals surface area contributed by atoms with Gasteiger partial charge in [0.15, 0.2) is 0 Å². The fourth-order valence-corrected chi connectivity index (χ4v) is 1.89. The SMILES string of the molecule is S=CC1CCC(S)=C1S. The van der Waals surface area contributed by atoms with Crippen molar-refractivity contribution in [3.63, 3.8) is 0 Å². The molecule has 0 nitrogen and oxygen atoms in total. The van der Waals surface area contributed by atoms with Crippen molar-refractivity contribution in [2.75, 3.05) is 0 Å². The van der Waals surface area contributed by atoms with E-state index in [1.165, 1.54) is 0 Å². The van der Waals surface area contributed by atoms with E-state index in [0.717, 1.165) is 22.7 Å². The molecular formula is C6H8S3. The van der Waals surface area contributed by atoms with Crippen molar-refractivity contribution in [3.8, 4) is 0 Å². The summed E-state index contributed by atoms with van der Waals surface area (Å²) in [6.07, 6.45) is 2.14. The third-order valence-electron chi connectivity index (χ3n) is 1.50. The molecule has 0 aromatic rings. The molecule has 0 N–H and O–H groups in total. The van der Waals surface area contributed by atoms with Gasteiger partial charge in [0.2, 0.25) is 0 Å². The van der Waals surface area contributed by atoms with Gasteiger partial charge in [-0.1, -0.05) is 12.2 Å². The maximum Gasteiger partial charge on any atom is 0.0191 e. The molecule has 0 aromatic carbocycles. The highest BCUT2D eigenvalue weighted by molar-refractivity contribution is 7.88. The molecule has 1 rings (SSSR count). The second-order valence-electron chi connectivity index (χ2n) is 2.11. The van der Waals surface area contributed by atoms with Crippen LogP contribution in [-0.2, 0) is 0 Å². The first kappa shape index (κ1) is 7.63. The summed E-state index contributed by atoms with van der Waals surface area (Å²) >= 11 is 13.3. The number of thiocarbonyl (C=S) groups is 1. The number of hydrogen-bond acceptors (Lipinski definition) is 3. The molecule has 0 saturated carbocycles. The molecule has 0 heterocycles. The molecule has 1 aliphatic carbocycles. The number of rotatable bonds is 1. The molecule has 0 spiro atoms. The molecular weight excluding hydrogens is 168 g/mol. The molecule has 1 unspecified atom stereocenters. The summed E-state index contributed by atoms with van der Waals surface area (Å²) in [6, 6.07) is 0. The minimum Gasteiger partial charge on any atom is -0.147 e. The minimum absolute atomic E-state index is 0.399. The van der Waals surface area contributed by atoms with Gasteiger partial charge in [-0.05, 0) is 28.0 Å². The van der Waals surface area contributed by atoms with Crippen LogP contribution in [0.15, 0.2) is 9.81 Å². The van der Waals surface area contributed by atoms with E-state index in [4.69, 9.17) is 12.2 Å². The van der Waals surface area contributed by atoms with Crippen LogP contribution in [0.1, 0.15) is 12.8 Å². The molecule has 0 amide bonds. The third-order valence-corrected chi connectivity index (χ3v) is 3.07. The minimum atomic E-state index is 0.399. The van der Waals surface area contributed by atoms with Crippen LogP contribution in [0.25, 0.3) is 0 Å². The van der Waals surface area contributed by atoms with E-state index in [9.17, 15) is 0 Å². The quantitative estimate of drug-likeness (QED) is 0.457. The van der Waals surface area contributed by atoms with Gasteiger partial charge >= 0.3 is 0 Å². The monoisotopic (exact) mass is 176 g/mol. The van der Waals surface area contributed by atoms with Crippen LogP contribution < -0.4 is 0 Å². The summed E-state index contributed by atoms with van der Waals surface area (Å²) in [5, 5.41) is 1.77. The second-order valence-corrected chi connectivity index (χ2v) is 3.41. The Morgan fingerprint density at radius 3 is 2.44 bits per heavy atom. The van der Waals surface area contributed by atoms with E-state index in [2.05, 4.69) is 25.3 Å². The van der Waals surface area contributed by atoms with Gasteiger partial charge in [-0.15, -0.1) is 25.3 Å². The average molecular weight is 176 g/mol. The van der Waals surface area contributed by atoms with E-state index >= 15 is 0 Å². The van der Waals surface area contributed by atoms with E-state index in [1.54, 1.807) is 5.37 Å². The van der Waals surface area contributed by atoms with Gasteiger partial charge < -0.3 is 0 Å². The van der Waals surface area contributed by atoms with Crippen molar-refractivity contribution in [2.45, 2.75) is 12.8 Å². The van der Waals surface area contributed by atoms with Crippen molar-refractivity contribution in [1.29, 1.82) is 0 Å². The van der Waals surface area contributed by atoms with Crippen molar-refractivity contribution in [1.82, 2.24) is 0 Å². The fourth-order valence-electron chi connectivity index (χ4n) is 0.904. The number of allylic oxidation sites excluding steroid dienone is 2. The van der Waals surface area contributed by atoms with Gasteiger partial charge in [-0.3, -0.25) is 0 Å². The smallest absolute Gasteiger partial charge is 0.0191 e. The Hall–Kier alpha value is 0.530. The fraction of sp³-hybridized carbons (Fsp3) is 0.500.